The van der Waals surface area contributed by atoms with Crippen LogP contribution in [0, 0.1) is 11.8 Å². The van der Waals surface area contributed by atoms with Crippen LogP contribution in [0.5, 0.6) is 0 Å². The quantitative estimate of drug-likeness (QED) is 0.311. The van der Waals surface area contributed by atoms with Gasteiger partial charge in [-0.15, -0.1) is 0 Å². The van der Waals surface area contributed by atoms with Gasteiger partial charge in [0.1, 0.15) is 6.29 Å². The minimum Gasteiger partial charge on any atom is -0.370 e. The van der Waals surface area contributed by atoms with Gasteiger partial charge in [0.05, 0.1) is 11.4 Å². The number of benzene rings is 1. The van der Waals surface area contributed by atoms with Gasteiger partial charge in [-0.05, 0) is 56.1 Å². The topological polar surface area (TPSA) is 140 Å². The molecular formula is C30H49N7O5S. The summed E-state index contributed by atoms with van der Waals surface area (Å²) < 4.78 is 17.2. The summed E-state index contributed by atoms with van der Waals surface area (Å²) >= 11 is -1.12. The third-order valence-electron chi connectivity index (χ3n) is 8.82. The minimum atomic E-state index is -1.12. The molecule has 12 nitrogen and oxygen atoms in total. The minimum absolute atomic E-state index is 0.122. The third kappa shape index (κ3) is 9.07. The summed E-state index contributed by atoms with van der Waals surface area (Å²) in [6, 6.07) is 6.26. The lowest BCUT2D eigenvalue weighted by Crippen LogP contribution is -2.45. The molecule has 0 spiro atoms. The highest BCUT2D eigenvalue weighted by Crippen LogP contribution is 2.35. The van der Waals surface area contributed by atoms with Crippen molar-refractivity contribution in [1.82, 2.24) is 18.8 Å². The summed E-state index contributed by atoms with van der Waals surface area (Å²) in [6.45, 7) is 6.55. The van der Waals surface area contributed by atoms with E-state index in [2.05, 4.69) is 21.4 Å². The number of para-hydroxylation sites is 1. The fourth-order valence-electron chi connectivity index (χ4n) is 6.14. The van der Waals surface area contributed by atoms with Gasteiger partial charge in [-0.25, -0.2) is 12.8 Å². The fourth-order valence-corrected chi connectivity index (χ4v) is 7.63. The highest BCUT2D eigenvalue weighted by Gasteiger charge is 2.44. The number of nitrogens with two attached hydrogens (primary N) is 1. The number of amides is 3. The number of nitrogens with zero attached hydrogens (tertiary/aromatic N) is 5. The number of nitrogens with one attached hydrogen (secondary N) is 1. The van der Waals surface area contributed by atoms with Crippen LogP contribution in [0.15, 0.2) is 18.2 Å². The number of fused-ring (bicyclic) bond motifs is 1. The van der Waals surface area contributed by atoms with Crippen molar-refractivity contribution < 1.29 is 23.4 Å². The number of hydrogen-bond acceptors (Lipinski definition) is 7. The maximum Gasteiger partial charge on any atom is 0.222 e. The molecule has 4 rings (SSSR count). The molecule has 3 heterocycles. The number of carbonyl (C=O) groups excluding carboxylic acids is 4. The van der Waals surface area contributed by atoms with Gasteiger partial charge in [0, 0.05) is 85.3 Å². The summed E-state index contributed by atoms with van der Waals surface area (Å²) in [4.78, 5) is 50.6. The average Bonchev–Trinajstić information content (AvgIpc) is 3.61. The molecule has 0 aliphatic carbocycles. The molecule has 3 aliphatic heterocycles. The first kappa shape index (κ1) is 34.6. The Bertz CT molecular complexity index is 1100. The molecule has 0 bridgehead atoms. The lowest BCUT2D eigenvalue weighted by atomic mass is 10.0. The zero-order valence-corrected chi connectivity index (χ0v) is 26.8. The van der Waals surface area contributed by atoms with Crippen LogP contribution < -0.4 is 20.9 Å². The first-order chi connectivity index (χ1) is 20.6. The van der Waals surface area contributed by atoms with Crippen LogP contribution in [0.3, 0.4) is 0 Å². The molecule has 1 aromatic carbocycles. The molecule has 3 N–H and O–H groups in total. The second-order valence-electron chi connectivity index (χ2n) is 11.8. The largest absolute Gasteiger partial charge is 0.370 e. The van der Waals surface area contributed by atoms with E-state index < -0.39 is 11.2 Å². The maximum atomic E-state index is 13.2. The second-order valence-corrected chi connectivity index (χ2v) is 13.3. The number of piperidine rings is 1. The molecule has 3 amide bonds. The van der Waals surface area contributed by atoms with E-state index in [9.17, 15) is 18.6 Å². The molecular weight excluding hydrogens is 570 g/mol. The number of aldehydes is 1. The lowest BCUT2D eigenvalue weighted by Gasteiger charge is -2.32. The van der Waals surface area contributed by atoms with Crippen LogP contribution >= 0.6 is 0 Å². The lowest BCUT2D eigenvalue weighted by molar-refractivity contribution is -0.130. The summed E-state index contributed by atoms with van der Waals surface area (Å²) in [5.41, 5.74) is 8.66. The second kappa shape index (κ2) is 16.8. The molecule has 4 unspecified atom stereocenters. The molecule has 1 aromatic rings. The Morgan fingerprint density at radius 3 is 2.28 bits per heavy atom. The van der Waals surface area contributed by atoms with Gasteiger partial charge in [0.15, 0.2) is 11.2 Å². The third-order valence-corrected chi connectivity index (χ3v) is 10.4. The van der Waals surface area contributed by atoms with Gasteiger partial charge in [-0.3, -0.25) is 14.4 Å². The fraction of sp³-hybridized carbons (Fsp3) is 0.667. The van der Waals surface area contributed by atoms with Gasteiger partial charge in [-0.1, -0.05) is 12.1 Å². The number of hydrogen-bond donors (Lipinski definition) is 2. The monoisotopic (exact) mass is 619 g/mol. The van der Waals surface area contributed by atoms with Crippen LogP contribution in [-0.2, 0) is 36.8 Å². The Kier molecular flexibility index (Phi) is 13.6. The molecule has 43 heavy (non-hydrogen) atoms. The molecule has 13 heteroatoms. The first-order valence-electron chi connectivity index (χ1n) is 15.2. The molecule has 0 radical (unpaired) electrons. The predicted molar refractivity (Wildman–Crippen MR) is 170 cm³/mol. The standard InChI is InChI=1S/C28H44N6O4S.C2H5NO/c1-21(6-5-15-35)31(3)26-8-4-7-22(28(26)30(2)20-36)9-10-27(37)32-16-23-18-34(19-24(23)17-32)39(38)33-13-11-25(29)12-14-33;1-3-2-4/h4,7-8,15,20-21,23-25H,5-6,9-14,16-19,29H2,1-3H3;2H,1H3,(H,3,4). The number of aryl methyl sites for hydroxylation is 1. The SMILES string of the molecule is CC(CCC=O)N(C)c1cccc(CCC(=O)N2CC3CN(S(=O)N4CCC(N)CC4)CC3C2)c1N(C)C=O.CNC=O. The van der Waals surface area contributed by atoms with Gasteiger partial charge in [0.25, 0.3) is 0 Å². The Hall–Kier alpha value is -2.87. The van der Waals surface area contributed by atoms with Crippen molar-refractivity contribution in [3.8, 4) is 0 Å². The van der Waals surface area contributed by atoms with Gasteiger partial charge >= 0.3 is 0 Å². The van der Waals surface area contributed by atoms with Crippen LogP contribution in [0.2, 0.25) is 0 Å². The normalized spacial score (nSPS) is 22.1. The number of anilines is 2. The van der Waals surface area contributed by atoms with E-state index in [4.69, 9.17) is 10.5 Å². The first-order valence-corrected chi connectivity index (χ1v) is 16.2. The average molecular weight is 620 g/mol. The van der Waals surface area contributed by atoms with E-state index in [1.54, 1.807) is 19.0 Å². The zero-order valence-electron chi connectivity index (χ0n) is 26.0. The van der Waals surface area contributed by atoms with E-state index >= 15 is 0 Å². The number of rotatable bonds is 13. The maximum absolute atomic E-state index is 13.2. The number of likely N-dealkylation sites (tertiary alicyclic amines) is 1. The van der Waals surface area contributed by atoms with E-state index in [1.165, 1.54) is 0 Å². The highest BCUT2D eigenvalue weighted by molar-refractivity contribution is 7.80. The summed E-state index contributed by atoms with van der Waals surface area (Å²) in [6.07, 6.45) is 6.24. The van der Waals surface area contributed by atoms with Crippen molar-refractivity contribution in [1.29, 1.82) is 0 Å². The van der Waals surface area contributed by atoms with Crippen LogP contribution in [0.4, 0.5) is 11.4 Å². The molecule has 0 aromatic heterocycles. The van der Waals surface area contributed by atoms with E-state index in [-0.39, 0.29) is 18.0 Å². The van der Waals surface area contributed by atoms with Crippen LogP contribution in [0.1, 0.15) is 44.6 Å². The smallest absolute Gasteiger partial charge is 0.222 e. The van der Waals surface area contributed by atoms with Gasteiger partial charge in [0.2, 0.25) is 18.7 Å². The van der Waals surface area contributed by atoms with Gasteiger partial charge < -0.3 is 30.5 Å². The van der Waals surface area contributed by atoms with E-state index in [0.29, 0.717) is 50.6 Å². The van der Waals surface area contributed by atoms with Crippen LogP contribution in [-0.4, -0.2) is 115 Å². The molecule has 3 fully saturated rings. The molecule has 3 aliphatic rings. The predicted octanol–water partition coefficient (Wildman–Crippen LogP) is 0.770. The summed E-state index contributed by atoms with van der Waals surface area (Å²) in [5.74, 6) is 0.831. The Morgan fingerprint density at radius 2 is 1.72 bits per heavy atom. The van der Waals surface area contributed by atoms with Crippen molar-refractivity contribution in [2.24, 2.45) is 17.6 Å². The number of carbonyl (C=O) groups is 4. The van der Waals surface area contributed by atoms with E-state index in [1.807, 2.05) is 34.5 Å². The highest BCUT2D eigenvalue weighted by atomic mass is 32.2. The zero-order chi connectivity index (χ0) is 31.5. The van der Waals surface area contributed by atoms with Crippen molar-refractivity contribution in [2.75, 3.05) is 70.2 Å². The molecule has 0 saturated carbocycles. The van der Waals surface area contributed by atoms with Crippen molar-refractivity contribution in [3.05, 3.63) is 23.8 Å². The molecule has 4 atom stereocenters. The Labute approximate surface area is 258 Å². The van der Waals surface area contributed by atoms with E-state index in [0.717, 1.165) is 75.1 Å². The van der Waals surface area contributed by atoms with Crippen molar-refractivity contribution in [3.63, 3.8) is 0 Å². The van der Waals surface area contributed by atoms with Crippen molar-refractivity contribution in [2.45, 2.75) is 57.5 Å². The molecule has 240 valence electrons. The Morgan fingerprint density at radius 1 is 1.09 bits per heavy atom. The van der Waals surface area contributed by atoms with Crippen molar-refractivity contribution >= 4 is 47.6 Å². The molecule has 3 saturated heterocycles. The summed E-state index contributed by atoms with van der Waals surface area (Å²) in [7, 11) is 5.27. The Balaban J connectivity index is 0.00000119. The van der Waals surface area contributed by atoms with Gasteiger partial charge in [-0.2, -0.15) is 0 Å². The summed E-state index contributed by atoms with van der Waals surface area (Å²) in [5, 5.41) is 2.25. The van der Waals surface area contributed by atoms with Crippen LogP contribution in [0.25, 0.3) is 0 Å².